The van der Waals surface area contributed by atoms with Crippen molar-refractivity contribution in [3.63, 3.8) is 0 Å². The van der Waals surface area contributed by atoms with E-state index in [4.69, 9.17) is 14.7 Å². The number of nitrogens with zero attached hydrogens (tertiary/aromatic N) is 6. The number of likely N-dealkylation sites (N-methyl/N-ethyl adjacent to an activating group) is 1. The molecule has 1 aliphatic carbocycles. The van der Waals surface area contributed by atoms with Gasteiger partial charge in [0, 0.05) is 43.8 Å². The first-order valence-electron chi connectivity index (χ1n) is 13.9. The first-order chi connectivity index (χ1) is 19.2. The molecule has 0 unspecified atom stereocenters. The largest absolute Gasteiger partial charge is 0.455 e. The third kappa shape index (κ3) is 5.05. The Morgan fingerprint density at radius 1 is 1.18 bits per heavy atom. The minimum Gasteiger partial charge on any atom is -0.455 e. The lowest BCUT2D eigenvalue weighted by Crippen LogP contribution is -2.51. The van der Waals surface area contributed by atoms with E-state index in [1.165, 1.54) is 12.1 Å². The van der Waals surface area contributed by atoms with Crippen LogP contribution in [0.2, 0.25) is 0 Å². The fraction of sp³-hybridized carbons (Fsp3) is 0.607. The predicted octanol–water partition coefficient (Wildman–Crippen LogP) is 3.89. The Balaban J connectivity index is 1.36. The second-order valence-corrected chi connectivity index (χ2v) is 11.3. The van der Waals surface area contributed by atoms with Gasteiger partial charge >= 0.3 is 12.2 Å². The highest BCUT2D eigenvalue weighted by atomic mass is 19.4. The number of hydrogen-bond acceptors (Lipinski definition) is 8. The van der Waals surface area contributed by atoms with Crippen molar-refractivity contribution in [1.82, 2.24) is 20.2 Å². The zero-order valence-electron chi connectivity index (χ0n) is 22.5. The van der Waals surface area contributed by atoms with Crippen molar-refractivity contribution in [2.45, 2.75) is 68.9 Å². The summed E-state index contributed by atoms with van der Waals surface area (Å²) >= 11 is 0. The van der Waals surface area contributed by atoms with Crippen LogP contribution < -0.4 is 19.9 Å². The van der Waals surface area contributed by atoms with Crippen molar-refractivity contribution in [2.24, 2.45) is 0 Å². The van der Waals surface area contributed by atoms with E-state index in [0.717, 1.165) is 49.7 Å². The molecule has 8 nitrogen and oxygen atoms in total. The van der Waals surface area contributed by atoms with Crippen molar-refractivity contribution in [3.05, 3.63) is 40.8 Å². The van der Waals surface area contributed by atoms with Gasteiger partial charge in [0.05, 0.1) is 30.4 Å². The SMILES string of the molecule is CN1CCC[C@H]1C1(Oc2nc3c(c(N4CCN[C@@H](CC#N)C4)n2)CCN(c2cccc(F)c2C(F)(F)F)C3)CC1. The van der Waals surface area contributed by atoms with Gasteiger partial charge in [0.25, 0.3) is 0 Å². The van der Waals surface area contributed by atoms with Crippen molar-refractivity contribution in [1.29, 1.82) is 5.26 Å². The number of ether oxygens (including phenoxy) is 1. The number of alkyl halides is 3. The van der Waals surface area contributed by atoms with Gasteiger partial charge < -0.3 is 19.9 Å². The number of anilines is 2. The summed E-state index contributed by atoms with van der Waals surface area (Å²) < 4.78 is 62.5. The molecule has 0 spiro atoms. The van der Waals surface area contributed by atoms with Crippen LogP contribution in [0.25, 0.3) is 0 Å². The summed E-state index contributed by atoms with van der Waals surface area (Å²) in [6.07, 6.45) is -0.114. The number of halogens is 4. The maximum Gasteiger partial charge on any atom is 0.421 e. The minimum absolute atomic E-state index is 0.0163. The highest BCUT2D eigenvalue weighted by Gasteiger charge is 2.55. The fourth-order valence-electron chi connectivity index (χ4n) is 6.61. The molecule has 3 fully saturated rings. The molecular weight excluding hydrogens is 526 g/mol. The lowest BCUT2D eigenvalue weighted by molar-refractivity contribution is -0.139. The standard InChI is InChI=1S/C28H33F4N7O/c1-37-13-3-6-23(37)27(9-10-27)40-26-35-21-17-38(22-5-2-4-20(29)24(22)28(30,31)32)14-8-19(21)25(36-26)39-15-12-34-18(16-39)7-11-33/h2,4-5,18,23,34H,3,6-10,12-17H2,1H3/t18-,23-/m0/s1. The normalized spacial score (nSPS) is 24.5. The van der Waals surface area contributed by atoms with Gasteiger partial charge in [0.15, 0.2) is 0 Å². The van der Waals surface area contributed by atoms with Crippen LogP contribution in [0.5, 0.6) is 6.01 Å². The monoisotopic (exact) mass is 559 g/mol. The average Bonchev–Trinajstić information content (AvgIpc) is 3.56. The number of hydrogen-bond donors (Lipinski definition) is 1. The zero-order chi connectivity index (χ0) is 28.1. The third-order valence-corrected chi connectivity index (χ3v) is 8.70. The van der Waals surface area contributed by atoms with Crippen molar-refractivity contribution < 1.29 is 22.3 Å². The summed E-state index contributed by atoms with van der Waals surface area (Å²) in [5.41, 5.74) is -0.345. The van der Waals surface area contributed by atoms with Gasteiger partial charge in [0.2, 0.25) is 0 Å². The quantitative estimate of drug-likeness (QED) is 0.534. The van der Waals surface area contributed by atoms with Crippen LogP contribution >= 0.6 is 0 Å². The molecule has 0 bridgehead atoms. The van der Waals surface area contributed by atoms with E-state index < -0.39 is 17.6 Å². The van der Waals surface area contributed by atoms with Gasteiger partial charge in [-0.25, -0.2) is 4.39 Å². The molecule has 1 aromatic carbocycles. The molecule has 3 aliphatic heterocycles. The van der Waals surface area contributed by atoms with Crippen molar-refractivity contribution in [3.8, 4) is 12.1 Å². The molecule has 1 saturated carbocycles. The molecule has 4 aliphatic rings. The number of nitrogens with one attached hydrogen (secondary N) is 1. The molecule has 6 rings (SSSR count). The zero-order valence-corrected chi connectivity index (χ0v) is 22.5. The molecule has 0 radical (unpaired) electrons. The Morgan fingerprint density at radius 2 is 2.00 bits per heavy atom. The molecule has 12 heteroatoms. The van der Waals surface area contributed by atoms with Crippen LogP contribution in [-0.2, 0) is 19.1 Å². The molecular formula is C28H33F4N7O. The number of likely N-dealkylation sites (tertiary alicyclic amines) is 1. The fourth-order valence-corrected chi connectivity index (χ4v) is 6.61. The topological polar surface area (TPSA) is 80.5 Å². The van der Waals surface area contributed by atoms with Crippen LogP contribution in [0.3, 0.4) is 0 Å². The third-order valence-electron chi connectivity index (χ3n) is 8.70. The minimum atomic E-state index is -4.83. The number of aromatic nitrogens is 2. The first kappa shape index (κ1) is 27.0. The number of piperazine rings is 1. The number of rotatable bonds is 6. The highest BCUT2D eigenvalue weighted by Crippen LogP contribution is 2.48. The maximum atomic E-state index is 14.4. The molecule has 1 N–H and O–H groups in total. The van der Waals surface area contributed by atoms with E-state index in [9.17, 15) is 22.8 Å². The van der Waals surface area contributed by atoms with Gasteiger partial charge in [-0.2, -0.15) is 28.4 Å². The molecule has 1 aromatic heterocycles. The predicted molar refractivity (Wildman–Crippen MR) is 141 cm³/mol. The Kier molecular flexibility index (Phi) is 6.99. The summed E-state index contributed by atoms with van der Waals surface area (Å²) in [5.74, 6) is -0.571. The Hall–Kier alpha value is -3.17. The lowest BCUT2D eigenvalue weighted by Gasteiger charge is -2.38. The molecule has 4 heterocycles. The van der Waals surface area contributed by atoms with E-state index in [1.54, 1.807) is 4.90 Å². The van der Waals surface area contributed by atoms with Crippen LogP contribution in [0.1, 0.15) is 48.9 Å². The average molecular weight is 560 g/mol. The smallest absolute Gasteiger partial charge is 0.421 e. The van der Waals surface area contributed by atoms with Crippen LogP contribution in [0, 0.1) is 17.1 Å². The number of benzene rings is 1. The molecule has 214 valence electrons. The van der Waals surface area contributed by atoms with E-state index in [1.807, 2.05) is 0 Å². The van der Waals surface area contributed by atoms with E-state index in [2.05, 4.69) is 28.2 Å². The molecule has 40 heavy (non-hydrogen) atoms. The number of fused-ring (bicyclic) bond motifs is 1. The van der Waals surface area contributed by atoms with Gasteiger partial charge in [0.1, 0.15) is 22.8 Å². The van der Waals surface area contributed by atoms with E-state index >= 15 is 0 Å². The van der Waals surface area contributed by atoms with Crippen molar-refractivity contribution >= 4 is 11.5 Å². The van der Waals surface area contributed by atoms with Crippen LogP contribution in [0.15, 0.2) is 18.2 Å². The summed E-state index contributed by atoms with van der Waals surface area (Å²) in [6, 6.07) is 6.17. The Bertz CT molecular complexity index is 1310. The van der Waals surface area contributed by atoms with Gasteiger partial charge in [-0.3, -0.25) is 4.90 Å². The van der Waals surface area contributed by atoms with Gasteiger partial charge in [-0.05, 0) is 57.8 Å². The molecule has 2 atom stereocenters. The summed E-state index contributed by atoms with van der Waals surface area (Å²) in [7, 11) is 2.10. The van der Waals surface area contributed by atoms with Gasteiger partial charge in [-0.1, -0.05) is 6.07 Å². The van der Waals surface area contributed by atoms with Gasteiger partial charge in [-0.15, -0.1) is 0 Å². The Labute approximate surface area is 230 Å². The molecule has 0 amide bonds. The first-order valence-corrected chi connectivity index (χ1v) is 13.9. The summed E-state index contributed by atoms with van der Waals surface area (Å²) in [6.45, 7) is 3.30. The maximum absolute atomic E-state index is 14.4. The second kappa shape index (κ2) is 10.3. The van der Waals surface area contributed by atoms with E-state index in [-0.39, 0.29) is 42.5 Å². The summed E-state index contributed by atoms with van der Waals surface area (Å²) in [4.78, 5) is 15.7. The van der Waals surface area contributed by atoms with E-state index in [0.29, 0.717) is 38.2 Å². The lowest BCUT2D eigenvalue weighted by atomic mass is 10.0. The van der Waals surface area contributed by atoms with Crippen LogP contribution in [0.4, 0.5) is 29.1 Å². The van der Waals surface area contributed by atoms with Crippen LogP contribution in [-0.4, -0.2) is 72.3 Å². The molecule has 2 aromatic rings. The van der Waals surface area contributed by atoms with Crippen molar-refractivity contribution in [2.75, 3.05) is 49.6 Å². The Morgan fingerprint density at radius 3 is 2.70 bits per heavy atom. The number of nitriles is 1. The molecule has 2 saturated heterocycles. The second-order valence-electron chi connectivity index (χ2n) is 11.3. The summed E-state index contributed by atoms with van der Waals surface area (Å²) in [5, 5.41) is 12.6. The highest BCUT2D eigenvalue weighted by molar-refractivity contribution is 5.60.